The molecule has 0 aliphatic carbocycles. The summed E-state index contributed by atoms with van der Waals surface area (Å²) >= 11 is 0. The number of rotatable bonds is 6. The van der Waals surface area contributed by atoms with E-state index in [-0.39, 0.29) is 0 Å². The zero-order chi connectivity index (χ0) is 13.5. The maximum Gasteiger partial charge on any atom is 0.188 e. The molecular formula is C13H24N6. The molecule has 1 unspecified atom stereocenters. The van der Waals surface area contributed by atoms with Gasteiger partial charge < -0.3 is 11.1 Å². The topological polar surface area (TPSA) is 71.5 Å². The third-order valence-electron chi connectivity index (χ3n) is 3.58. The second-order valence-electron chi connectivity index (χ2n) is 4.85. The fraction of sp³-hybridized carbons (Fsp3) is 0.692. The van der Waals surface area contributed by atoms with E-state index in [1.54, 1.807) is 6.20 Å². The van der Waals surface area contributed by atoms with Gasteiger partial charge in [-0.1, -0.05) is 6.92 Å². The van der Waals surface area contributed by atoms with Crippen LogP contribution in [-0.4, -0.2) is 52.9 Å². The van der Waals surface area contributed by atoms with Crippen LogP contribution in [-0.2, 0) is 6.54 Å². The number of nitrogens with zero attached hydrogens (tertiary/aromatic N) is 4. The van der Waals surface area contributed by atoms with Gasteiger partial charge in [-0.3, -0.25) is 14.6 Å². The molecule has 2 rings (SSSR count). The number of nitrogens with one attached hydrogen (secondary N) is 1. The molecule has 2 heterocycles. The lowest BCUT2D eigenvalue weighted by Crippen LogP contribution is -2.37. The average Bonchev–Trinajstić information content (AvgIpc) is 3.07. The molecule has 0 radical (unpaired) electrons. The summed E-state index contributed by atoms with van der Waals surface area (Å²) in [5.74, 6) is 0.537. The zero-order valence-electron chi connectivity index (χ0n) is 11.6. The summed E-state index contributed by atoms with van der Waals surface area (Å²) in [6.45, 7) is 6.85. The van der Waals surface area contributed by atoms with Gasteiger partial charge in [-0.15, -0.1) is 0 Å². The Labute approximate surface area is 114 Å². The Balaban J connectivity index is 1.67. The van der Waals surface area contributed by atoms with Crippen molar-refractivity contribution in [2.45, 2.75) is 32.4 Å². The Morgan fingerprint density at radius 1 is 1.58 bits per heavy atom. The van der Waals surface area contributed by atoms with E-state index in [9.17, 15) is 0 Å². The molecule has 19 heavy (non-hydrogen) atoms. The van der Waals surface area contributed by atoms with E-state index in [4.69, 9.17) is 5.73 Å². The quantitative estimate of drug-likeness (QED) is 0.571. The first-order chi connectivity index (χ1) is 9.29. The second-order valence-corrected chi connectivity index (χ2v) is 4.85. The number of hydrogen-bond donors (Lipinski definition) is 2. The van der Waals surface area contributed by atoms with Gasteiger partial charge in [-0.2, -0.15) is 5.10 Å². The minimum absolute atomic E-state index is 0.537. The Kier molecular flexibility index (Phi) is 5.20. The maximum atomic E-state index is 5.87. The monoisotopic (exact) mass is 264 g/mol. The molecule has 0 bridgehead atoms. The lowest BCUT2D eigenvalue weighted by atomic mass is 10.2. The summed E-state index contributed by atoms with van der Waals surface area (Å²) in [6, 6.07) is 2.48. The molecule has 1 aromatic rings. The predicted octanol–water partition coefficient (Wildman–Crippen LogP) is 0.272. The van der Waals surface area contributed by atoms with Crippen LogP contribution in [0.15, 0.2) is 23.5 Å². The van der Waals surface area contributed by atoms with Crippen LogP contribution >= 0.6 is 0 Å². The Hall–Kier alpha value is -1.56. The van der Waals surface area contributed by atoms with Gasteiger partial charge in [0.1, 0.15) is 0 Å². The van der Waals surface area contributed by atoms with Crippen molar-refractivity contribution in [3.8, 4) is 0 Å². The van der Waals surface area contributed by atoms with Crippen molar-refractivity contribution < 1.29 is 0 Å². The summed E-state index contributed by atoms with van der Waals surface area (Å²) in [4.78, 5) is 6.91. The van der Waals surface area contributed by atoms with Crippen LogP contribution in [0.25, 0.3) is 0 Å². The van der Waals surface area contributed by atoms with Crippen molar-refractivity contribution in [3.05, 3.63) is 18.5 Å². The average molecular weight is 264 g/mol. The molecule has 0 amide bonds. The SMILES string of the molecule is CCN1CCCC1CN=C(N)NCCn1cccn1. The summed E-state index contributed by atoms with van der Waals surface area (Å²) in [5, 5.41) is 7.26. The third-order valence-corrected chi connectivity index (χ3v) is 3.58. The Morgan fingerprint density at radius 2 is 2.47 bits per heavy atom. The van der Waals surface area contributed by atoms with E-state index in [1.165, 1.54) is 19.4 Å². The van der Waals surface area contributed by atoms with E-state index >= 15 is 0 Å². The summed E-state index contributed by atoms with van der Waals surface area (Å²) < 4.78 is 1.87. The van der Waals surface area contributed by atoms with Crippen LogP contribution in [0.5, 0.6) is 0 Å². The standard InChI is InChI=1S/C13H24N6/c1-2-18-8-3-5-12(18)11-16-13(14)15-7-10-19-9-4-6-17-19/h4,6,9,12H,2-3,5,7-8,10-11H2,1H3,(H3,14,15,16). The highest BCUT2D eigenvalue weighted by molar-refractivity contribution is 5.77. The van der Waals surface area contributed by atoms with Crippen molar-refractivity contribution in [2.75, 3.05) is 26.2 Å². The molecule has 106 valence electrons. The van der Waals surface area contributed by atoms with Crippen LogP contribution in [0.3, 0.4) is 0 Å². The van der Waals surface area contributed by atoms with Crippen molar-refractivity contribution in [1.82, 2.24) is 20.0 Å². The largest absolute Gasteiger partial charge is 0.370 e. The number of aliphatic imine (C=N–C) groups is 1. The number of likely N-dealkylation sites (N-methyl/N-ethyl adjacent to an activating group) is 1. The van der Waals surface area contributed by atoms with Crippen molar-refractivity contribution in [2.24, 2.45) is 10.7 Å². The van der Waals surface area contributed by atoms with Gasteiger partial charge in [0, 0.05) is 25.0 Å². The first-order valence-corrected chi connectivity index (χ1v) is 7.05. The fourth-order valence-corrected chi connectivity index (χ4v) is 2.51. The molecule has 1 aliphatic rings. The number of guanidine groups is 1. The van der Waals surface area contributed by atoms with Gasteiger partial charge in [-0.25, -0.2) is 0 Å². The minimum atomic E-state index is 0.537. The first kappa shape index (κ1) is 13.9. The molecule has 0 spiro atoms. The molecule has 1 fully saturated rings. The number of aromatic nitrogens is 2. The summed E-state index contributed by atoms with van der Waals surface area (Å²) in [7, 11) is 0. The number of likely N-dealkylation sites (tertiary alicyclic amines) is 1. The second kappa shape index (κ2) is 7.13. The Morgan fingerprint density at radius 3 is 3.21 bits per heavy atom. The molecule has 3 N–H and O–H groups in total. The van der Waals surface area contributed by atoms with Gasteiger partial charge in [0.15, 0.2) is 5.96 Å². The van der Waals surface area contributed by atoms with Gasteiger partial charge in [-0.05, 0) is 32.0 Å². The molecule has 1 aliphatic heterocycles. The van der Waals surface area contributed by atoms with Crippen molar-refractivity contribution in [1.29, 1.82) is 0 Å². The summed E-state index contributed by atoms with van der Waals surface area (Å²) in [5.41, 5.74) is 5.87. The highest BCUT2D eigenvalue weighted by Gasteiger charge is 2.22. The van der Waals surface area contributed by atoms with Gasteiger partial charge in [0.25, 0.3) is 0 Å². The van der Waals surface area contributed by atoms with Crippen molar-refractivity contribution in [3.63, 3.8) is 0 Å². The molecule has 6 heteroatoms. The molecule has 1 aromatic heterocycles. The maximum absolute atomic E-state index is 5.87. The summed E-state index contributed by atoms with van der Waals surface area (Å²) in [6.07, 6.45) is 6.22. The highest BCUT2D eigenvalue weighted by atomic mass is 15.3. The van der Waals surface area contributed by atoms with Crippen LogP contribution in [0, 0.1) is 0 Å². The molecule has 6 nitrogen and oxygen atoms in total. The van der Waals surface area contributed by atoms with Crippen LogP contribution in [0.2, 0.25) is 0 Å². The molecule has 0 saturated carbocycles. The zero-order valence-corrected chi connectivity index (χ0v) is 11.6. The lowest BCUT2D eigenvalue weighted by Gasteiger charge is -2.20. The van der Waals surface area contributed by atoms with Gasteiger partial charge in [0.2, 0.25) is 0 Å². The van der Waals surface area contributed by atoms with Crippen molar-refractivity contribution >= 4 is 5.96 Å². The van der Waals surface area contributed by atoms with Crippen LogP contribution in [0.4, 0.5) is 0 Å². The number of nitrogens with two attached hydrogens (primary N) is 1. The van der Waals surface area contributed by atoms with E-state index in [0.717, 1.165) is 26.2 Å². The lowest BCUT2D eigenvalue weighted by molar-refractivity contribution is 0.273. The smallest absolute Gasteiger partial charge is 0.188 e. The van der Waals surface area contributed by atoms with E-state index in [1.807, 2.05) is 16.9 Å². The minimum Gasteiger partial charge on any atom is -0.370 e. The van der Waals surface area contributed by atoms with Crippen LogP contribution < -0.4 is 11.1 Å². The Bertz CT molecular complexity index is 386. The molecule has 1 saturated heterocycles. The number of hydrogen-bond acceptors (Lipinski definition) is 3. The van der Waals surface area contributed by atoms with E-state index in [0.29, 0.717) is 12.0 Å². The van der Waals surface area contributed by atoms with E-state index in [2.05, 4.69) is 27.2 Å². The predicted molar refractivity (Wildman–Crippen MR) is 77.0 cm³/mol. The van der Waals surface area contributed by atoms with Crippen LogP contribution in [0.1, 0.15) is 19.8 Å². The first-order valence-electron chi connectivity index (χ1n) is 7.05. The van der Waals surface area contributed by atoms with E-state index < -0.39 is 0 Å². The van der Waals surface area contributed by atoms with Gasteiger partial charge in [0.05, 0.1) is 13.1 Å². The van der Waals surface area contributed by atoms with Gasteiger partial charge >= 0.3 is 0 Å². The molecular weight excluding hydrogens is 240 g/mol. The highest BCUT2D eigenvalue weighted by Crippen LogP contribution is 2.16. The molecule has 1 atom stereocenters. The fourth-order valence-electron chi connectivity index (χ4n) is 2.51. The third kappa shape index (κ3) is 4.24. The molecule has 0 aromatic carbocycles. The normalized spacial score (nSPS) is 20.9.